The third-order valence-electron chi connectivity index (χ3n) is 3.47. The highest BCUT2D eigenvalue weighted by Gasteiger charge is 2.20. The second-order valence-electron chi connectivity index (χ2n) is 4.90. The third kappa shape index (κ3) is 2.20. The lowest BCUT2D eigenvalue weighted by Gasteiger charge is -2.03. The van der Waals surface area contributed by atoms with Crippen LogP contribution in [0.2, 0.25) is 0 Å². The quantitative estimate of drug-likeness (QED) is 0.833. The van der Waals surface area contributed by atoms with Gasteiger partial charge in [-0.3, -0.25) is 0 Å². The van der Waals surface area contributed by atoms with Gasteiger partial charge in [0.25, 0.3) is 0 Å². The van der Waals surface area contributed by atoms with Crippen LogP contribution in [-0.4, -0.2) is 17.6 Å². The Morgan fingerprint density at radius 1 is 1.41 bits per heavy atom. The largest absolute Gasteiger partial charge is 0.358 e. The van der Waals surface area contributed by atoms with Crippen molar-refractivity contribution in [3.63, 3.8) is 0 Å². The summed E-state index contributed by atoms with van der Waals surface area (Å²) in [6, 6.07) is 5.73. The van der Waals surface area contributed by atoms with Gasteiger partial charge in [0, 0.05) is 22.6 Å². The van der Waals surface area contributed by atoms with Crippen LogP contribution in [0.25, 0.3) is 10.9 Å². The fourth-order valence-electron chi connectivity index (χ4n) is 2.37. The molecule has 17 heavy (non-hydrogen) atoms. The van der Waals surface area contributed by atoms with Crippen LogP contribution in [0.4, 0.5) is 4.39 Å². The van der Waals surface area contributed by atoms with Gasteiger partial charge in [0.2, 0.25) is 0 Å². The molecule has 1 aliphatic rings. The lowest BCUT2D eigenvalue weighted by Crippen LogP contribution is -2.19. The Kier molecular flexibility index (Phi) is 2.63. The molecular weight excluding hydrogens is 215 g/mol. The Balaban J connectivity index is 1.83. The van der Waals surface area contributed by atoms with E-state index >= 15 is 0 Å². The average molecular weight is 232 g/mol. The molecule has 2 N–H and O–H groups in total. The molecule has 3 heteroatoms. The van der Waals surface area contributed by atoms with Crippen molar-refractivity contribution in [2.24, 2.45) is 0 Å². The molecular formula is C14H17FN2. The van der Waals surface area contributed by atoms with Gasteiger partial charge in [0.05, 0.1) is 0 Å². The van der Waals surface area contributed by atoms with Crippen LogP contribution < -0.4 is 5.32 Å². The maximum Gasteiger partial charge on any atom is 0.125 e. The van der Waals surface area contributed by atoms with Gasteiger partial charge in [-0.05, 0) is 56.5 Å². The first-order chi connectivity index (χ1) is 8.24. The Bertz CT molecular complexity index is 540. The molecule has 1 aliphatic carbocycles. The van der Waals surface area contributed by atoms with E-state index in [1.165, 1.54) is 24.5 Å². The SMILES string of the molecule is Cc1[nH]c2cc(F)ccc2c1CCNC1CC1. The van der Waals surface area contributed by atoms with Crippen molar-refractivity contribution in [1.82, 2.24) is 10.3 Å². The smallest absolute Gasteiger partial charge is 0.125 e. The molecule has 0 spiro atoms. The summed E-state index contributed by atoms with van der Waals surface area (Å²) in [6.07, 6.45) is 3.64. The van der Waals surface area contributed by atoms with Crippen molar-refractivity contribution in [2.75, 3.05) is 6.54 Å². The van der Waals surface area contributed by atoms with E-state index < -0.39 is 0 Å². The minimum Gasteiger partial charge on any atom is -0.358 e. The molecule has 0 bridgehead atoms. The van der Waals surface area contributed by atoms with E-state index in [2.05, 4.69) is 17.2 Å². The van der Waals surface area contributed by atoms with Gasteiger partial charge in [0.15, 0.2) is 0 Å². The number of fused-ring (bicyclic) bond motifs is 1. The first kappa shape index (κ1) is 10.8. The van der Waals surface area contributed by atoms with Crippen molar-refractivity contribution >= 4 is 10.9 Å². The number of aromatic amines is 1. The molecule has 0 unspecified atom stereocenters. The standard InChI is InChI=1S/C14H17FN2/c1-9-12(6-7-16-11-3-4-11)13-5-2-10(15)8-14(13)17-9/h2,5,8,11,16-17H,3-4,6-7H2,1H3. The van der Waals surface area contributed by atoms with Gasteiger partial charge in [-0.25, -0.2) is 4.39 Å². The summed E-state index contributed by atoms with van der Waals surface area (Å²) in [6.45, 7) is 3.07. The van der Waals surface area contributed by atoms with Gasteiger partial charge >= 0.3 is 0 Å². The van der Waals surface area contributed by atoms with Crippen molar-refractivity contribution in [3.05, 3.63) is 35.3 Å². The summed E-state index contributed by atoms with van der Waals surface area (Å²) in [7, 11) is 0. The highest BCUT2D eigenvalue weighted by molar-refractivity contribution is 5.84. The highest BCUT2D eigenvalue weighted by Crippen LogP contribution is 2.24. The van der Waals surface area contributed by atoms with Gasteiger partial charge in [0.1, 0.15) is 5.82 Å². The summed E-state index contributed by atoms with van der Waals surface area (Å²) in [5.74, 6) is -0.179. The normalized spacial score (nSPS) is 15.6. The summed E-state index contributed by atoms with van der Waals surface area (Å²) < 4.78 is 13.1. The third-order valence-corrected chi connectivity index (χ3v) is 3.47. The predicted molar refractivity (Wildman–Crippen MR) is 67.7 cm³/mol. The number of H-pyrrole nitrogens is 1. The number of aryl methyl sites for hydroxylation is 1. The van der Waals surface area contributed by atoms with Gasteiger partial charge in [-0.1, -0.05) is 0 Å². The molecule has 2 nitrogen and oxygen atoms in total. The molecule has 0 aliphatic heterocycles. The molecule has 2 aromatic rings. The minimum absolute atomic E-state index is 0.179. The fraction of sp³-hybridized carbons (Fsp3) is 0.429. The van der Waals surface area contributed by atoms with Crippen LogP contribution in [0.5, 0.6) is 0 Å². The number of hydrogen-bond acceptors (Lipinski definition) is 1. The van der Waals surface area contributed by atoms with Gasteiger partial charge in [-0.15, -0.1) is 0 Å². The van der Waals surface area contributed by atoms with E-state index in [9.17, 15) is 4.39 Å². The van der Waals surface area contributed by atoms with Gasteiger partial charge < -0.3 is 10.3 Å². The van der Waals surface area contributed by atoms with E-state index in [1.807, 2.05) is 6.07 Å². The molecule has 0 saturated heterocycles. The number of aromatic nitrogens is 1. The molecule has 90 valence electrons. The van der Waals surface area contributed by atoms with Crippen LogP contribution >= 0.6 is 0 Å². The van der Waals surface area contributed by atoms with Gasteiger partial charge in [-0.2, -0.15) is 0 Å². The molecule has 1 fully saturated rings. The van der Waals surface area contributed by atoms with Crippen LogP contribution in [0.3, 0.4) is 0 Å². The lowest BCUT2D eigenvalue weighted by molar-refractivity contribution is 0.629. The van der Waals surface area contributed by atoms with E-state index in [4.69, 9.17) is 0 Å². The monoisotopic (exact) mass is 232 g/mol. The van der Waals surface area contributed by atoms with Crippen LogP contribution in [-0.2, 0) is 6.42 Å². The highest BCUT2D eigenvalue weighted by atomic mass is 19.1. The van der Waals surface area contributed by atoms with E-state index in [0.717, 1.165) is 35.6 Å². The minimum atomic E-state index is -0.179. The van der Waals surface area contributed by atoms with Crippen LogP contribution in [0.15, 0.2) is 18.2 Å². The molecule has 0 radical (unpaired) electrons. The Labute approximate surface area is 100 Å². The van der Waals surface area contributed by atoms with E-state index in [1.54, 1.807) is 6.07 Å². The molecule has 1 aromatic carbocycles. The second kappa shape index (κ2) is 4.15. The summed E-state index contributed by atoms with van der Waals surface area (Å²) >= 11 is 0. The Morgan fingerprint density at radius 2 is 2.24 bits per heavy atom. The number of rotatable bonds is 4. The van der Waals surface area contributed by atoms with Crippen molar-refractivity contribution in [3.8, 4) is 0 Å². The lowest BCUT2D eigenvalue weighted by atomic mass is 10.1. The summed E-state index contributed by atoms with van der Waals surface area (Å²) in [5, 5.41) is 4.66. The zero-order chi connectivity index (χ0) is 11.8. The van der Waals surface area contributed by atoms with Crippen LogP contribution in [0.1, 0.15) is 24.1 Å². The summed E-state index contributed by atoms with van der Waals surface area (Å²) in [4.78, 5) is 3.25. The molecule has 3 rings (SSSR count). The number of hydrogen-bond donors (Lipinski definition) is 2. The topological polar surface area (TPSA) is 27.8 Å². The molecule has 0 amide bonds. The Morgan fingerprint density at radius 3 is 3.00 bits per heavy atom. The maximum absolute atomic E-state index is 13.1. The molecule has 1 saturated carbocycles. The average Bonchev–Trinajstić information content (AvgIpc) is 3.04. The zero-order valence-corrected chi connectivity index (χ0v) is 10.0. The maximum atomic E-state index is 13.1. The van der Waals surface area contributed by atoms with Crippen molar-refractivity contribution in [1.29, 1.82) is 0 Å². The Hall–Kier alpha value is -1.35. The summed E-state index contributed by atoms with van der Waals surface area (Å²) in [5.41, 5.74) is 3.38. The number of halogens is 1. The second-order valence-corrected chi connectivity index (χ2v) is 4.90. The molecule has 1 aromatic heterocycles. The number of benzene rings is 1. The van der Waals surface area contributed by atoms with Crippen LogP contribution in [0, 0.1) is 12.7 Å². The van der Waals surface area contributed by atoms with E-state index in [-0.39, 0.29) is 5.82 Å². The predicted octanol–water partition coefficient (Wildman–Crippen LogP) is 2.91. The molecule has 0 atom stereocenters. The molecule has 1 heterocycles. The first-order valence-electron chi connectivity index (χ1n) is 6.24. The zero-order valence-electron chi connectivity index (χ0n) is 10.0. The van der Waals surface area contributed by atoms with E-state index in [0.29, 0.717) is 0 Å². The number of nitrogens with one attached hydrogen (secondary N) is 2. The fourth-order valence-corrected chi connectivity index (χ4v) is 2.37. The first-order valence-corrected chi connectivity index (χ1v) is 6.24. The van der Waals surface area contributed by atoms with Crippen molar-refractivity contribution < 1.29 is 4.39 Å². The van der Waals surface area contributed by atoms with Crippen molar-refractivity contribution in [2.45, 2.75) is 32.2 Å².